The third kappa shape index (κ3) is 5.06. The molecule has 1 aliphatic rings. The van der Waals surface area contributed by atoms with Crippen LogP contribution in [0.3, 0.4) is 0 Å². The van der Waals surface area contributed by atoms with Gasteiger partial charge >= 0.3 is 0 Å². The van der Waals surface area contributed by atoms with E-state index < -0.39 is 9.84 Å². The van der Waals surface area contributed by atoms with Gasteiger partial charge in [0, 0.05) is 30.8 Å². The molecule has 0 saturated heterocycles. The first-order valence-corrected chi connectivity index (χ1v) is 12.1. The van der Waals surface area contributed by atoms with Crippen LogP contribution >= 0.6 is 0 Å². The Morgan fingerprint density at radius 3 is 2.28 bits per heavy atom. The zero-order valence-corrected chi connectivity index (χ0v) is 18.3. The van der Waals surface area contributed by atoms with E-state index in [2.05, 4.69) is 5.32 Å². The Bertz CT molecular complexity index is 1230. The van der Waals surface area contributed by atoms with Crippen molar-refractivity contribution in [1.82, 2.24) is 4.90 Å². The summed E-state index contributed by atoms with van der Waals surface area (Å²) >= 11 is 0. The van der Waals surface area contributed by atoms with Crippen LogP contribution in [-0.2, 0) is 27.6 Å². The summed E-state index contributed by atoms with van der Waals surface area (Å²) in [5.41, 5.74) is 3.38. The number of rotatable bonds is 6. The molecule has 0 bridgehead atoms. The highest BCUT2D eigenvalue weighted by atomic mass is 32.2. The van der Waals surface area contributed by atoms with Crippen LogP contribution in [0.2, 0.25) is 0 Å². The number of anilines is 1. The molecule has 4 rings (SSSR count). The van der Waals surface area contributed by atoms with Crippen molar-refractivity contribution in [2.75, 3.05) is 17.6 Å². The number of hydrogen-bond donors (Lipinski definition) is 1. The predicted molar refractivity (Wildman–Crippen MR) is 123 cm³/mol. The van der Waals surface area contributed by atoms with Crippen molar-refractivity contribution in [1.29, 1.82) is 0 Å². The van der Waals surface area contributed by atoms with Crippen LogP contribution < -0.4 is 5.32 Å². The van der Waals surface area contributed by atoms with Gasteiger partial charge in [0.2, 0.25) is 5.91 Å². The van der Waals surface area contributed by atoms with Gasteiger partial charge in [-0.15, -0.1) is 0 Å². The minimum Gasteiger partial charge on any atom is -0.334 e. The second-order valence-corrected chi connectivity index (χ2v) is 9.87. The second-order valence-electron chi connectivity index (χ2n) is 7.76. The van der Waals surface area contributed by atoms with Crippen molar-refractivity contribution >= 4 is 27.3 Å². The fourth-order valence-corrected chi connectivity index (χ4v) is 5.03. The maximum atomic E-state index is 12.8. The highest BCUT2D eigenvalue weighted by Crippen LogP contribution is 2.24. The average Bonchev–Trinajstić information content (AvgIpc) is 2.83. The topological polar surface area (TPSA) is 83.6 Å². The monoisotopic (exact) mass is 448 g/mol. The van der Waals surface area contributed by atoms with Crippen molar-refractivity contribution in [2.24, 2.45) is 0 Å². The normalized spacial score (nSPS) is 13.3. The highest BCUT2D eigenvalue weighted by Gasteiger charge is 2.22. The van der Waals surface area contributed by atoms with Crippen LogP contribution in [-0.4, -0.2) is 37.4 Å². The molecular formula is C25H24N2O4S. The fraction of sp³-hybridized carbons (Fsp3) is 0.200. The summed E-state index contributed by atoms with van der Waals surface area (Å²) in [6, 6.07) is 22.9. The Morgan fingerprint density at radius 2 is 1.56 bits per heavy atom. The highest BCUT2D eigenvalue weighted by molar-refractivity contribution is 7.91. The van der Waals surface area contributed by atoms with E-state index in [0.29, 0.717) is 24.3 Å². The van der Waals surface area contributed by atoms with Crippen molar-refractivity contribution in [3.05, 3.63) is 95.6 Å². The number of nitrogens with zero attached hydrogens (tertiary/aromatic N) is 1. The number of nitrogens with one attached hydrogen (secondary N) is 1. The summed E-state index contributed by atoms with van der Waals surface area (Å²) in [4.78, 5) is 27.2. The average molecular weight is 449 g/mol. The molecule has 0 fully saturated rings. The summed E-state index contributed by atoms with van der Waals surface area (Å²) < 4.78 is 24.8. The van der Waals surface area contributed by atoms with E-state index in [1.165, 1.54) is 12.1 Å². The molecule has 0 atom stereocenters. The van der Waals surface area contributed by atoms with E-state index >= 15 is 0 Å². The Kier molecular flexibility index (Phi) is 6.37. The van der Waals surface area contributed by atoms with E-state index in [1.54, 1.807) is 35.2 Å². The van der Waals surface area contributed by atoms with Crippen LogP contribution in [0.25, 0.3) is 0 Å². The van der Waals surface area contributed by atoms with Crippen LogP contribution in [0.1, 0.15) is 27.9 Å². The Labute approximate surface area is 187 Å². The molecule has 0 spiro atoms. The van der Waals surface area contributed by atoms with E-state index in [-0.39, 0.29) is 28.9 Å². The molecule has 0 unspecified atom stereocenters. The zero-order valence-electron chi connectivity index (χ0n) is 17.5. The number of amides is 2. The minimum atomic E-state index is -3.51. The molecule has 1 heterocycles. The van der Waals surface area contributed by atoms with Gasteiger partial charge in [0.1, 0.15) is 0 Å². The van der Waals surface area contributed by atoms with Crippen molar-refractivity contribution in [2.45, 2.75) is 24.3 Å². The Balaban J connectivity index is 1.39. The molecule has 2 amide bonds. The van der Waals surface area contributed by atoms with Crippen LogP contribution in [0.5, 0.6) is 0 Å². The van der Waals surface area contributed by atoms with E-state index in [1.807, 2.05) is 36.4 Å². The summed E-state index contributed by atoms with van der Waals surface area (Å²) in [6.07, 6.45) is 0.615. The molecule has 6 nitrogen and oxygen atoms in total. The quantitative estimate of drug-likeness (QED) is 0.623. The first-order chi connectivity index (χ1) is 15.4. The van der Waals surface area contributed by atoms with Crippen LogP contribution in [0.4, 0.5) is 5.69 Å². The fourth-order valence-electron chi connectivity index (χ4n) is 3.77. The lowest BCUT2D eigenvalue weighted by Crippen LogP contribution is -2.36. The SMILES string of the molecule is O=C(CCS(=O)(=O)c1ccccc1)Nc1ccc2c(c1)CN(C(=O)c1ccccc1)CC2. The molecule has 0 saturated carbocycles. The van der Waals surface area contributed by atoms with Crippen molar-refractivity contribution in [3.63, 3.8) is 0 Å². The molecule has 0 aromatic heterocycles. The molecular weight excluding hydrogens is 424 g/mol. The number of carbonyl (C=O) groups excluding carboxylic acids is 2. The first-order valence-electron chi connectivity index (χ1n) is 10.5. The molecule has 7 heteroatoms. The van der Waals surface area contributed by atoms with E-state index in [0.717, 1.165) is 17.5 Å². The third-order valence-electron chi connectivity index (χ3n) is 5.51. The first kappa shape index (κ1) is 21.8. The molecule has 32 heavy (non-hydrogen) atoms. The lowest BCUT2D eigenvalue weighted by atomic mass is 9.98. The molecule has 3 aromatic rings. The summed E-state index contributed by atoms with van der Waals surface area (Å²) in [7, 11) is -3.51. The molecule has 0 radical (unpaired) electrons. The van der Waals surface area contributed by atoms with Crippen LogP contribution in [0, 0.1) is 0 Å². The standard InChI is InChI=1S/C25H24N2O4S/c28-24(14-16-32(30,31)23-9-5-2-6-10-23)26-22-12-11-19-13-15-27(18-21(19)17-22)25(29)20-7-3-1-4-8-20/h1-12,17H,13-16,18H2,(H,26,28). The van der Waals surface area contributed by atoms with Gasteiger partial charge in [0.05, 0.1) is 10.6 Å². The maximum Gasteiger partial charge on any atom is 0.254 e. The van der Waals surface area contributed by atoms with E-state index in [9.17, 15) is 18.0 Å². The van der Waals surface area contributed by atoms with Gasteiger partial charge in [-0.25, -0.2) is 8.42 Å². The van der Waals surface area contributed by atoms with Gasteiger partial charge in [-0.05, 0) is 53.9 Å². The summed E-state index contributed by atoms with van der Waals surface area (Å²) in [5.74, 6) is -0.637. The Morgan fingerprint density at radius 1 is 0.875 bits per heavy atom. The zero-order chi connectivity index (χ0) is 22.6. The number of carbonyl (C=O) groups is 2. The minimum absolute atomic E-state index is 0.0168. The Hall–Kier alpha value is -3.45. The maximum absolute atomic E-state index is 12.8. The largest absolute Gasteiger partial charge is 0.334 e. The van der Waals surface area contributed by atoms with Gasteiger partial charge in [-0.3, -0.25) is 9.59 Å². The van der Waals surface area contributed by atoms with Crippen molar-refractivity contribution in [3.8, 4) is 0 Å². The third-order valence-corrected chi connectivity index (χ3v) is 7.24. The van der Waals surface area contributed by atoms with Crippen molar-refractivity contribution < 1.29 is 18.0 Å². The second kappa shape index (κ2) is 9.36. The number of fused-ring (bicyclic) bond motifs is 1. The number of sulfone groups is 1. The molecule has 3 aromatic carbocycles. The van der Waals surface area contributed by atoms with E-state index in [4.69, 9.17) is 0 Å². The lowest BCUT2D eigenvalue weighted by Gasteiger charge is -2.29. The van der Waals surface area contributed by atoms with Gasteiger partial charge in [-0.2, -0.15) is 0 Å². The summed E-state index contributed by atoms with van der Waals surface area (Å²) in [5, 5.41) is 2.79. The predicted octanol–water partition coefficient (Wildman–Crippen LogP) is 3.69. The van der Waals surface area contributed by atoms with Gasteiger partial charge in [-0.1, -0.05) is 42.5 Å². The lowest BCUT2D eigenvalue weighted by molar-refractivity contribution is -0.115. The molecule has 0 aliphatic carbocycles. The summed E-state index contributed by atoms with van der Waals surface area (Å²) in [6.45, 7) is 1.11. The van der Waals surface area contributed by atoms with Gasteiger partial charge < -0.3 is 10.2 Å². The molecule has 164 valence electrons. The number of hydrogen-bond acceptors (Lipinski definition) is 4. The smallest absolute Gasteiger partial charge is 0.254 e. The number of benzene rings is 3. The molecule has 1 N–H and O–H groups in total. The molecule has 1 aliphatic heterocycles. The van der Waals surface area contributed by atoms with Gasteiger partial charge in [0.15, 0.2) is 9.84 Å². The van der Waals surface area contributed by atoms with Gasteiger partial charge in [0.25, 0.3) is 5.91 Å². The van der Waals surface area contributed by atoms with Crippen LogP contribution in [0.15, 0.2) is 83.8 Å².